The van der Waals surface area contributed by atoms with Crippen LogP contribution in [0.15, 0.2) is 33.5 Å². The van der Waals surface area contributed by atoms with E-state index >= 15 is 0 Å². The molecule has 3 saturated heterocycles. The summed E-state index contributed by atoms with van der Waals surface area (Å²) in [6.45, 7) is 4.81. The third-order valence-corrected chi connectivity index (χ3v) is 9.91. The normalized spacial score (nSPS) is 26.2. The summed E-state index contributed by atoms with van der Waals surface area (Å²) in [4.78, 5) is 27.5. The molecule has 43 heavy (non-hydrogen) atoms. The molecule has 8 rings (SSSR count). The maximum Gasteiger partial charge on any atom is 0.349 e. The zero-order valence-corrected chi connectivity index (χ0v) is 23.7. The predicted octanol–water partition coefficient (Wildman–Crippen LogP) is 4.95. The molecule has 4 atom stereocenters. The van der Waals surface area contributed by atoms with Crippen LogP contribution in [-0.4, -0.2) is 64.5 Å². The SMILES string of the molecule is C#Cc1c(F)ccc2cc(O)cc(-c3oc(=O)c4c(N5CC6CC6C5)nc(OC[C@@]56CCCN5C[C@H](F)C6)nc4c3C)c12. The van der Waals surface area contributed by atoms with Crippen LogP contribution in [0.1, 0.15) is 36.8 Å². The molecule has 1 N–H and O–H groups in total. The number of aromatic hydroxyl groups is 1. The Bertz CT molecular complexity index is 1930. The number of alkyl halides is 1. The number of halogens is 2. The third-order valence-electron chi connectivity index (χ3n) is 9.91. The van der Waals surface area contributed by atoms with Gasteiger partial charge < -0.3 is 19.2 Å². The highest BCUT2D eigenvalue weighted by Gasteiger charge is 2.50. The van der Waals surface area contributed by atoms with Crippen LogP contribution in [-0.2, 0) is 0 Å². The van der Waals surface area contributed by atoms with E-state index in [-0.39, 0.29) is 46.2 Å². The van der Waals surface area contributed by atoms with Gasteiger partial charge in [-0.2, -0.15) is 9.97 Å². The number of benzene rings is 2. The van der Waals surface area contributed by atoms with Crippen molar-refractivity contribution in [1.82, 2.24) is 14.9 Å². The first kappa shape index (κ1) is 26.4. The fourth-order valence-corrected chi connectivity index (χ4v) is 7.73. The molecule has 5 heterocycles. The zero-order chi connectivity index (χ0) is 29.6. The Balaban J connectivity index is 1.30. The topological polar surface area (TPSA) is 91.9 Å². The number of terminal acetylenes is 1. The number of hydrogen-bond donors (Lipinski definition) is 1. The molecule has 1 saturated carbocycles. The molecule has 2 aromatic carbocycles. The second-order valence-electron chi connectivity index (χ2n) is 12.6. The van der Waals surface area contributed by atoms with Gasteiger partial charge in [-0.1, -0.05) is 12.0 Å². The number of nitrogens with zero attached hydrogens (tertiary/aromatic N) is 4. The van der Waals surface area contributed by atoms with Gasteiger partial charge in [0.25, 0.3) is 0 Å². The maximum atomic E-state index is 14.8. The minimum Gasteiger partial charge on any atom is -0.508 e. The lowest BCUT2D eigenvalue weighted by atomic mass is 9.95. The largest absolute Gasteiger partial charge is 0.508 e. The van der Waals surface area contributed by atoms with E-state index in [1.807, 2.05) is 0 Å². The van der Waals surface area contributed by atoms with Crippen LogP contribution in [0.25, 0.3) is 33.0 Å². The lowest BCUT2D eigenvalue weighted by Crippen LogP contribution is -2.43. The Morgan fingerprint density at radius 3 is 2.81 bits per heavy atom. The van der Waals surface area contributed by atoms with Gasteiger partial charge in [-0.3, -0.25) is 4.90 Å². The summed E-state index contributed by atoms with van der Waals surface area (Å²) in [5, 5.41) is 11.6. The van der Waals surface area contributed by atoms with Crippen LogP contribution in [0.3, 0.4) is 0 Å². The number of rotatable bonds is 5. The molecule has 0 bridgehead atoms. The van der Waals surface area contributed by atoms with Crippen LogP contribution in [0, 0.1) is 36.9 Å². The molecular formula is C33H30F2N4O4. The Morgan fingerprint density at radius 1 is 1.21 bits per heavy atom. The van der Waals surface area contributed by atoms with Crippen LogP contribution >= 0.6 is 0 Å². The number of piperidine rings is 1. The molecule has 2 unspecified atom stereocenters. The summed E-state index contributed by atoms with van der Waals surface area (Å²) in [5.41, 5.74) is 0.0871. The van der Waals surface area contributed by atoms with E-state index in [4.69, 9.17) is 25.5 Å². The Hall–Kier alpha value is -4.23. The molecule has 1 aliphatic carbocycles. The highest BCUT2D eigenvalue weighted by molar-refractivity contribution is 6.03. The van der Waals surface area contributed by atoms with Crippen LogP contribution < -0.4 is 15.3 Å². The van der Waals surface area contributed by atoms with Gasteiger partial charge in [0.05, 0.1) is 16.6 Å². The number of ether oxygens (including phenoxy) is 1. The molecule has 220 valence electrons. The van der Waals surface area contributed by atoms with Gasteiger partial charge in [-0.25, -0.2) is 13.6 Å². The van der Waals surface area contributed by atoms with Crippen LogP contribution in [0.4, 0.5) is 14.6 Å². The van der Waals surface area contributed by atoms with E-state index in [1.165, 1.54) is 30.7 Å². The molecule has 0 spiro atoms. The van der Waals surface area contributed by atoms with Crippen molar-refractivity contribution < 1.29 is 23.0 Å². The number of fused-ring (bicyclic) bond motifs is 4. The van der Waals surface area contributed by atoms with Crippen molar-refractivity contribution in [3.63, 3.8) is 0 Å². The summed E-state index contributed by atoms with van der Waals surface area (Å²) in [5.74, 6) is 3.45. The van der Waals surface area contributed by atoms with E-state index in [2.05, 4.69) is 15.7 Å². The standard InChI is InChI=1S/C33H30F2N4O4/c1-3-23-25(35)6-5-18-10-22(40)11-24(26(18)23)29-17(2)28-27(31(41)43-29)30(38-13-19-9-20(19)14-38)37-32(36-28)42-16-33-7-4-8-39(33)15-21(34)12-33/h1,5-6,10-11,19-21,40H,4,7-9,12-16H2,2H3/t19?,20?,21-,33+/m1/s1. The fraction of sp³-hybridized carbons (Fsp3) is 0.424. The molecule has 4 aromatic rings. The number of anilines is 1. The first-order valence-corrected chi connectivity index (χ1v) is 14.8. The van der Waals surface area contributed by atoms with Crippen molar-refractivity contribution in [3.05, 3.63) is 51.6 Å². The average molecular weight is 585 g/mol. The number of phenolic OH excluding ortho intramolecular Hbond substituents is 1. The second-order valence-corrected chi connectivity index (χ2v) is 12.6. The number of aromatic nitrogens is 2. The van der Waals surface area contributed by atoms with Crippen molar-refractivity contribution in [2.45, 2.75) is 44.3 Å². The Morgan fingerprint density at radius 2 is 2.02 bits per heavy atom. The molecular weight excluding hydrogens is 554 g/mol. The first-order valence-electron chi connectivity index (χ1n) is 14.8. The number of aryl methyl sites for hydroxylation is 1. The summed E-state index contributed by atoms with van der Waals surface area (Å²) in [7, 11) is 0. The van der Waals surface area contributed by atoms with Gasteiger partial charge in [0.15, 0.2) is 5.82 Å². The quantitative estimate of drug-likeness (QED) is 0.330. The molecule has 10 heteroatoms. The Kier molecular flexibility index (Phi) is 5.76. The van der Waals surface area contributed by atoms with E-state index in [0.29, 0.717) is 52.5 Å². The highest BCUT2D eigenvalue weighted by atomic mass is 19.1. The second kappa shape index (κ2) is 9.38. The minimum atomic E-state index is -0.891. The van der Waals surface area contributed by atoms with E-state index in [0.717, 1.165) is 32.5 Å². The van der Waals surface area contributed by atoms with Gasteiger partial charge in [-0.15, -0.1) is 6.42 Å². The third kappa shape index (κ3) is 4.08. The van der Waals surface area contributed by atoms with E-state index < -0.39 is 17.6 Å². The van der Waals surface area contributed by atoms with Gasteiger partial charge in [-0.05, 0) is 68.2 Å². The van der Waals surface area contributed by atoms with Gasteiger partial charge in [0.2, 0.25) is 0 Å². The summed E-state index contributed by atoms with van der Waals surface area (Å²) in [6, 6.07) is 5.77. The maximum absolute atomic E-state index is 14.8. The van der Waals surface area contributed by atoms with Crippen molar-refractivity contribution in [2.24, 2.45) is 11.8 Å². The number of hydrogen-bond acceptors (Lipinski definition) is 8. The molecule has 0 amide bonds. The summed E-state index contributed by atoms with van der Waals surface area (Å²) >= 11 is 0. The predicted molar refractivity (Wildman–Crippen MR) is 158 cm³/mol. The van der Waals surface area contributed by atoms with Crippen LogP contribution in [0.2, 0.25) is 0 Å². The smallest absolute Gasteiger partial charge is 0.349 e. The molecule has 2 aromatic heterocycles. The number of phenols is 1. The minimum absolute atomic E-state index is 0.00133. The van der Waals surface area contributed by atoms with Crippen molar-refractivity contribution in [1.29, 1.82) is 0 Å². The van der Waals surface area contributed by atoms with Gasteiger partial charge in [0, 0.05) is 42.6 Å². The lowest BCUT2D eigenvalue weighted by molar-refractivity contribution is 0.107. The monoisotopic (exact) mass is 584 g/mol. The summed E-state index contributed by atoms with van der Waals surface area (Å²) < 4.78 is 41.5. The van der Waals surface area contributed by atoms with Crippen LogP contribution in [0.5, 0.6) is 11.8 Å². The molecule has 3 aliphatic heterocycles. The molecule has 0 radical (unpaired) electrons. The van der Waals surface area contributed by atoms with Crippen molar-refractivity contribution in [3.8, 4) is 35.4 Å². The Labute approximate surface area is 246 Å². The average Bonchev–Trinajstić information content (AvgIpc) is 3.25. The molecule has 4 fully saturated rings. The molecule has 8 nitrogen and oxygen atoms in total. The first-order chi connectivity index (χ1) is 20.7. The molecule has 4 aliphatic rings. The van der Waals surface area contributed by atoms with E-state index in [9.17, 15) is 18.7 Å². The van der Waals surface area contributed by atoms with Crippen molar-refractivity contribution >= 4 is 27.5 Å². The zero-order valence-electron chi connectivity index (χ0n) is 23.7. The summed E-state index contributed by atoms with van der Waals surface area (Å²) in [6.07, 6.45) is 8.21. The lowest BCUT2D eigenvalue weighted by Gasteiger charge is -2.31. The van der Waals surface area contributed by atoms with E-state index in [1.54, 1.807) is 6.92 Å². The fourth-order valence-electron chi connectivity index (χ4n) is 7.73. The van der Waals surface area contributed by atoms with Gasteiger partial charge in [0.1, 0.15) is 35.5 Å². The van der Waals surface area contributed by atoms with Crippen molar-refractivity contribution in [2.75, 3.05) is 37.7 Å². The van der Waals surface area contributed by atoms with Gasteiger partial charge >= 0.3 is 11.6 Å². The highest BCUT2D eigenvalue weighted by Crippen LogP contribution is 2.47.